The Kier molecular flexibility index (Phi) is 4.52. The van der Waals surface area contributed by atoms with Crippen molar-refractivity contribution in [1.82, 2.24) is 19.8 Å². The van der Waals surface area contributed by atoms with E-state index < -0.39 is 0 Å². The number of rotatable bonds is 6. The summed E-state index contributed by atoms with van der Waals surface area (Å²) in [6.45, 7) is 4.24. The number of nitrogens with zero attached hydrogens (tertiary/aromatic N) is 4. The lowest BCUT2D eigenvalue weighted by molar-refractivity contribution is -0.116. The largest absolute Gasteiger partial charge is 0.486 e. The van der Waals surface area contributed by atoms with Gasteiger partial charge in [0.05, 0.1) is 0 Å². The fraction of sp³-hybridized carbons (Fsp3) is 0.333. The monoisotopic (exact) mass is 331 g/mol. The van der Waals surface area contributed by atoms with Gasteiger partial charge in [0.15, 0.2) is 5.82 Å². The molecule has 0 bridgehead atoms. The van der Waals surface area contributed by atoms with Gasteiger partial charge in [-0.25, -0.2) is 0 Å². The highest BCUT2D eigenvalue weighted by molar-refractivity contribution is 7.20. The molecule has 1 amide bonds. The predicted octanol–water partition coefficient (Wildman–Crippen LogP) is 2.81. The van der Waals surface area contributed by atoms with Gasteiger partial charge in [0.25, 0.3) is 0 Å². The van der Waals surface area contributed by atoms with Crippen molar-refractivity contribution in [2.24, 2.45) is 0 Å². The van der Waals surface area contributed by atoms with Crippen LogP contribution in [0.1, 0.15) is 31.2 Å². The molecule has 8 heteroatoms. The minimum Gasteiger partial charge on any atom is -0.486 e. The smallest absolute Gasteiger partial charge is 0.236 e. The van der Waals surface area contributed by atoms with Crippen LogP contribution in [0.4, 0.5) is 5.13 Å². The van der Waals surface area contributed by atoms with Crippen molar-refractivity contribution in [2.45, 2.75) is 33.3 Å². The highest BCUT2D eigenvalue weighted by atomic mass is 32.1. The molecule has 0 unspecified atom stereocenters. The van der Waals surface area contributed by atoms with Crippen LogP contribution in [0.25, 0.3) is 4.96 Å². The molecule has 3 aromatic rings. The fourth-order valence-electron chi connectivity index (χ4n) is 1.99. The lowest BCUT2D eigenvalue weighted by atomic mass is 10.2. The van der Waals surface area contributed by atoms with Crippen LogP contribution in [0.15, 0.2) is 24.3 Å². The molecule has 0 saturated carbocycles. The first kappa shape index (κ1) is 15.4. The van der Waals surface area contributed by atoms with Crippen LogP contribution < -0.4 is 10.1 Å². The van der Waals surface area contributed by atoms with Crippen LogP contribution in [0, 0.1) is 6.92 Å². The highest BCUT2D eigenvalue weighted by Gasteiger charge is 2.13. The Bertz CT molecular complexity index is 809. The first-order valence-corrected chi connectivity index (χ1v) is 8.18. The molecule has 3 rings (SSSR count). The number of ether oxygens (including phenoxy) is 1. The first-order valence-electron chi connectivity index (χ1n) is 7.36. The van der Waals surface area contributed by atoms with E-state index >= 15 is 0 Å². The van der Waals surface area contributed by atoms with Gasteiger partial charge in [0, 0.05) is 6.42 Å². The van der Waals surface area contributed by atoms with Crippen LogP contribution in [0.5, 0.6) is 5.75 Å². The van der Waals surface area contributed by atoms with Crippen molar-refractivity contribution in [3.63, 3.8) is 0 Å². The van der Waals surface area contributed by atoms with Gasteiger partial charge in [0.1, 0.15) is 12.4 Å². The van der Waals surface area contributed by atoms with Crippen molar-refractivity contribution in [1.29, 1.82) is 0 Å². The molecule has 0 aliphatic rings. The van der Waals surface area contributed by atoms with E-state index in [-0.39, 0.29) is 12.5 Å². The molecule has 23 heavy (non-hydrogen) atoms. The third-order valence-electron chi connectivity index (χ3n) is 3.17. The van der Waals surface area contributed by atoms with Crippen LogP contribution in [0.2, 0.25) is 0 Å². The molecular weight excluding hydrogens is 314 g/mol. The predicted molar refractivity (Wildman–Crippen MR) is 87.7 cm³/mol. The van der Waals surface area contributed by atoms with E-state index in [4.69, 9.17) is 4.74 Å². The van der Waals surface area contributed by atoms with E-state index in [9.17, 15) is 4.79 Å². The SMILES string of the molecule is CCCC(=O)Nc1nn2c(COc3ccc(C)cc3)nnc2s1. The lowest BCUT2D eigenvalue weighted by Crippen LogP contribution is -2.11. The molecule has 0 radical (unpaired) electrons. The summed E-state index contributed by atoms with van der Waals surface area (Å²) in [5.74, 6) is 1.31. The van der Waals surface area contributed by atoms with E-state index in [1.165, 1.54) is 16.9 Å². The van der Waals surface area contributed by atoms with Crippen molar-refractivity contribution in [2.75, 3.05) is 5.32 Å². The molecule has 0 aliphatic heterocycles. The molecule has 0 fully saturated rings. The number of benzene rings is 1. The van der Waals surface area contributed by atoms with Crippen molar-refractivity contribution in [3.8, 4) is 5.75 Å². The lowest BCUT2D eigenvalue weighted by Gasteiger charge is -2.04. The molecule has 1 N–H and O–H groups in total. The number of anilines is 1. The summed E-state index contributed by atoms with van der Waals surface area (Å²) in [4.78, 5) is 12.2. The normalized spacial score (nSPS) is 10.9. The zero-order valence-corrected chi connectivity index (χ0v) is 13.8. The van der Waals surface area contributed by atoms with Gasteiger partial charge < -0.3 is 10.1 Å². The van der Waals surface area contributed by atoms with Gasteiger partial charge in [-0.1, -0.05) is 36.0 Å². The van der Waals surface area contributed by atoms with Gasteiger partial charge in [-0.15, -0.1) is 15.3 Å². The number of aromatic nitrogens is 4. The van der Waals surface area contributed by atoms with Gasteiger partial charge in [-0.05, 0) is 25.5 Å². The molecule has 0 spiro atoms. The molecule has 2 aromatic heterocycles. The Morgan fingerprint density at radius 1 is 1.30 bits per heavy atom. The number of hydrogen-bond donors (Lipinski definition) is 1. The molecule has 7 nitrogen and oxygen atoms in total. The van der Waals surface area contributed by atoms with Gasteiger partial charge in [0.2, 0.25) is 16.0 Å². The summed E-state index contributed by atoms with van der Waals surface area (Å²) >= 11 is 1.29. The Hall–Kier alpha value is -2.48. The van der Waals surface area contributed by atoms with E-state index in [0.29, 0.717) is 22.3 Å². The number of carbonyl (C=O) groups excluding carboxylic acids is 1. The van der Waals surface area contributed by atoms with Crippen LogP contribution in [0.3, 0.4) is 0 Å². The van der Waals surface area contributed by atoms with E-state index in [0.717, 1.165) is 12.2 Å². The second-order valence-electron chi connectivity index (χ2n) is 5.12. The second kappa shape index (κ2) is 6.74. The Morgan fingerprint density at radius 2 is 2.09 bits per heavy atom. The van der Waals surface area contributed by atoms with E-state index in [1.54, 1.807) is 4.52 Å². The van der Waals surface area contributed by atoms with Gasteiger partial charge in [-0.2, -0.15) is 4.52 Å². The second-order valence-corrected chi connectivity index (χ2v) is 6.07. The topological polar surface area (TPSA) is 81.4 Å². The summed E-state index contributed by atoms with van der Waals surface area (Å²) in [6, 6.07) is 7.79. The number of nitrogens with one attached hydrogen (secondary N) is 1. The summed E-state index contributed by atoms with van der Waals surface area (Å²) < 4.78 is 7.29. The average Bonchev–Trinajstić information content (AvgIpc) is 3.07. The van der Waals surface area contributed by atoms with E-state index in [1.807, 2.05) is 38.1 Å². The number of carbonyl (C=O) groups is 1. The molecule has 1 aromatic carbocycles. The zero-order valence-electron chi connectivity index (χ0n) is 12.9. The Balaban J connectivity index is 1.70. The maximum Gasteiger partial charge on any atom is 0.236 e. The number of aryl methyl sites for hydroxylation is 1. The minimum atomic E-state index is -0.0464. The molecular formula is C15H17N5O2S. The first-order chi connectivity index (χ1) is 11.2. The minimum absolute atomic E-state index is 0.0464. The summed E-state index contributed by atoms with van der Waals surface area (Å²) in [5, 5.41) is 15.7. The fourth-order valence-corrected chi connectivity index (χ4v) is 2.76. The average molecular weight is 331 g/mol. The molecule has 0 aliphatic carbocycles. The summed E-state index contributed by atoms with van der Waals surface area (Å²) in [6.07, 6.45) is 1.27. The van der Waals surface area contributed by atoms with Crippen LogP contribution >= 0.6 is 11.3 Å². The Labute approximate surface area is 137 Å². The quantitative estimate of drug-likeness (QED) is 0.751. The number of fused-ring (bicyclic) bond motifs is 1. The van der Waals surface area contributed by atoms with Gasteiger partial charge in [-0.3, -0.25) is 4.79 Å². The van der Waals surface area contributed by atoms with Crippen LogP contribution in [-0.4, -0.2) is 25.7 Å². The highest BCUT2D eigenvalue weighted by Crippen LogP contribution is 2.20. The van der Waals surface area contributed by atoms with E-state index in [2.05, 4.69) is 20.6 Å². The maximum absolute atomic E-state index is 11.6. The Morgan fingerprint density at radius 3 is 2.83 bits per heavy atom. The number of hydrogen-bond acceptors (Lipinski definition) is 6. The standard InChI is InChI=1S/C15H17N5O2S/c1-3-4-13(21)16-14-19-20-12(17-18-15(20)23-14)9-22-11-7-5-10(2)6-8-11/h5-8H,3-4,9H2,1-2H3,(H,16,19,21). The summed E-state index contributed by atoms with van der Waals surface area (Å²) in [7, 11) is 0. The van der Waals surface area contributed by atoms with Crippen molar-refractivity contribution >= 4 is 27.3 Å². The molecule has 2 heterocycles. The maximum atomic E-state index is 11.6. The van der Waals surface area contributed by atoms with Crippen molar-refractivity contribution in [3.05, 3.63) is 35.7 Å². The molecule has 0 atom stereocenters. The number of amides is 1. The summed E-state index contributed by atoms with van der Waals surface area (Å²) in [5.41, 5.74) is 1.18. The molecule has 120 valence electrons. The van der Waals surface area contributed by atoms with Crippen LogP contribution in [-0.2, 0) is 11.4 Å². The zero-order chi connectivity index (χ0) is 16.2. The van der Waals surface area contributed by atoms with Crippen molar-refractivity contribution < 1.29 is 9.53 Å². The third-order valence-corrected chi connectivity index (χ3v) is 3.98. The van der Waals surface area contributed by atoms with Gasteiger partial charge >= 0.3 is 0 Å². The third kappa shape index (κ3) is 3.65. The molecule has 0 saturated heterocycles.